The van der Waals surface area contributed by atoms with E-state index in [1.807, 2.05) is 31.2 Å². The number of rotatable bonds is 5. The molecule has 1 aromatic heterocycles. The molecule has 1 N–H and O–H groups in total. The maximum atomic E-state index is 14.1. The maximum absolute atomic E-state index is 14.1. The Bertz CT molecular complexity index is 1160. The van der Waals surface area contributed by atoms with Crippen molar-refractivity contribution in [1.29, 1.82) is 0 Å². The summed E-state index contributed by atoms with van der Waals surface area (Å²) in [5.41, 5.74) is 2.28. The molecule has 1 fully saturated rings. The molecule has 0 unspecified atom stereocenters. The number of nitrogens with zero attached hydrogens (tertiary/aromatic N) is 1. The quantitative estimate of drug-likeness (QED) is 0.362. The van der Waals surface area contributed by atoms with Gasteiger partial charge in [-0.1, -0.05) is 43.3 Å². The number of furan rings is 1. The first kappa shape index (κ1) is 20.6. The largest absolute Gasteiger partial charge is 0.507 e. The fourth-order valence-corrected chi connectivity index (χ4v) is 3.79. The molecule has 0 radical (unpaired) electrons. The monoisotopic (exact) mass is 419 g/mol. The highest BCUT2D eigenvalue weighted by atomic mass is 19.1. The van der Waals surface area contributed by atoms with Gasteiger partial charge in [0, 0.05) is 5.56 Å². The molecular formula is C25H22FNO4. The van der Waals surface area contributed by atoms with E-state index in [2.05, 4.69) is 0 Å². The van der Waals surface area contributed by atoms with Gasteiger partial charge in [0.05, 0.1) is 24.4 Å². The van der Waals surface area contributed by atoms with E-state index in [4.69, 9.17) is 4.42 Å². The summed E-state index contributed by atoms with van der Waals surface area (Å²) < 4.78 is 19.5. The number of Topliss-reactive ketones (excluding diaryl/α,β-unsaturated/α-hetero) is 1. The van der Waals surface area contributed by atoms with E-state index in [1.54, 1.807) is 19.1 Å². The van der Waals surface area contributed by atoms with Crippen LogP contribution in [-0.2, 0) is 22.6 Å². The van der Waals surface area contributed by atoms with E-state index in [9.17, 15) is 19.1 Å². The van der Waals surface area contributed by atoms with Crippen LogP contribution >= 0.6 is 0 Å². The number of aliphatic hydroxyl groups is 1. The van der Waals surface area contributed by atoms with Crippen molar-refractivity contribution in [2.75, 3.05) is 0 Å². The first-order valence-corrected chi connectivity index (χ1v) is 10.1. The van der Waals surface area contributed by atoms with Crippen molar-refractivity contribution in [3.05, 3.63) is 100 Å². The van der Waals surface area contributed by atoms with Crippen LogP contribution in [-0.4, -0.2) is 21.7 Å². The summed E-state index contributed by atoms with van der Waals surface area (Å²) in [6.07, 6.45) is 2.33. The van der Waals surface area contributed by atoms with Crippen molar-refractivity contribution in [2.24, 2.45) is 0 Å². The summed E-state index contributed by atoms with van der Waals surface area (Å²) in [4.78, 5) is 27.3. The fraction of sp³-hybridized carbons (Fsp3) is 0.200. The summed E-state index contributed by atoms with van der Waals surface area (Å²) in [6, 6.07) is 14.3. The third kappa shape index (κ3) is 3.77. The van der Waals surface area contributed by atoms with E-state index in [-0.39, 0.29) is 17.7 Å². The van der Waals surface area contributed by atoms with Crippen LogP contribution in [0.4, 0.5) is 4.39 Å². The fourth-order valence-electron chi connectivity index (χ4n) is 3.79. The highest BCUT2D eigenvalue weighted by Crippen LogP contribution is 2.40. The number of hydrogen-bond acceptors (Lipinski definition) is 4. The minimum Gasteiger partial charge on any atom is -0.507 e. The summed E-state index contributed by atoms with van der Waals surface area (Å²) in [7, 11) is 0. The molecule has 1 amide bonds. The molecule has 0 aliphatic carbocycles. The van der Waals surface area contributed by atoms with Gasteiger partial charge >= 0.3 is 0 Å². The van der Waals surface area contributed by atoms with Crippen molar-refractivity contribution < 1.29 is 23.5 Å². The van der Waals surface area contributed by atoms with Gasteiger partial charge in [-0.2, -0.15) is 0 Å². The summed E-state index contributed by atoms with van der Waals surface area (Å²) in [5.74, 6) is -1.94. The maximum Gasteiger partial charge on any atom is 0.296 e. The van der Waals surface area contributed by atoms with Crippen molar-refractivity contribution in [3.63, 3.8) is 0 Å². The molecule has 2 aromatic carbocycles. The summed E-state index contributed by atoms with van der Waals surface area (Å²) in [6.45, 7) is 3.71. The van der Waals surface area contributed by atoms with Crippen LogP contribution in [0, 0.1) is 12.7 Å². The number of carbonyl (C=O) groups is 2. The van der Waals surface area contributed by atoms with Crippen molar-refractivity contribution in [2.45, 2.75) is 32.9 Å². The molecule has 0 spiro atoms. The average molecular weight is 419 g/mol. The Morgan fingerprint density at radius 2 is 1.87 bits per heavy atom. The second kappa shape index (κ2) is 8.22. The van der Waals surface area contributed by atoms with E-state index >= 15 is 0 Å². The number of ketones is 1. The predicted octanol–water partition coefficient (Wildman–Crippen LogP) is 4.91. The van der Waals surface area contributed by atoms with E-state index in [0.717, 1.165) is 12.0 Å². The van der Waals surface area contributed by atoms with Gasteiger partial charge in [0.25, 0.3) is 11.7 Å². The molecule has 1 aliphatic heterocycles. The molecular weight excluding hydrogens is 397 g/mol. The van der Waals surface area contributed by atoms with E-state index < -0.39 is 29.3 Å². The van der Waals surface area contributed by atoms with Gasteiger partial charge in [0.2, 0.25) is 0 Å². The Morgan fingerprint density at radius 1 is 1.13 bits per heavy atom. The first-order valence-electron chi connectivity index (χ1n) is 10.1. The lowest BCUT2D eigenvalue weighted by atomic mass is 9.94. The lowest BCUT2D eigenvalue weighted by Gasteiger charge is -2.24. The second-order valence-corrected chi connectivity index (χ2v) is 7.57. The third-order valence-corrected chi connectivity index (χ3v) is 5.60. The molecule has 6 heteroatoms. The zero-order valence-corrected chi connectivity index (χ0v) is 17.3. The lowest BCUT2D eigenvalue weighted by molar-refractivity contribution is -0.140. The number of amides is 1. The van der Waals surface area contributed by atoms with Crippen LogP contribution in [0.5, 0.6) is 0 Å². The SMILES string of the molecule is CCc1ccc([C@H]2C(=C(O)c3ccc(C)c(F)c3)C(=O)C(=O)N2Cc2ccco2)cc1. The van der Waals surface area contributed by atoms with Crippen LogP contribution in [0.15, 0.2) is 70.9 Å². The van der Waals surface area contributed by atoms with Crippen LogP contribution in [0.3, 0.4) is 0 Å². The highest BCUT2D eigenvalue weighted by molar-refractivity contribution is 6.46. The van der Waals surface area contributed by atoms with Gasteiger partial charge in [0.15, 0.2) is 0 Å². The van der Waals surface area contributed by atoms with E-state index in [1.165, 1.54) is 29.4 Å². The number of carbonyl (C=O) groups excluding carboxylic acids is 2. The van der Waals surface area contributed by atoms with Gasteiger partial charge in [-0.3, -0.25) is 9.59 Å². The Hall–Kier alpha value is -3.67. The molecule has 1 atom stereocenters. The number of hydrogen-bond donors (Lipinski definition) is 1. The van der Waals surface area contributed by atoms with Crippen LogP contribution < -0.4 is 0 Å². The number of aryl methyl sites for hydroxylation is 2. The molecule has 31 heavy (non-hydrogen) atoms. The average Bonchev–Trinajstić information content (AvgIpc) is 3.38. The molecule has 5 nitrogen and oxygen atoms in total. The van der Waals surface area contributed by atoms with Crippen molar-refractivity contribution in [3.8, 4) is 0 Å². The smallest absolute Gasteiger partial charge is 0.296 e. The van der Waals surface area contributed by atoms with E-state index in [0.29, 0.717) is 16.9 Å². The van der Waals surface area contributed by atoms with Gasteiger partial charge in [-0.15, -0.1) is 0 Å². The standard InChI is InChI=1S/C25H22FNO4/c1-3-16-7-10-17(11-8-16)22-21(23(28)18-9-6-15(2)20(26)13-18)24(29)25(30)27(22)14-19-5-4-12-31-19/h4-13,22,28H,3,14H2,1-2H3/t22-/m0/s1. The summed E-state index contributed by atoms with van der Waals surface area (Å²) in [5, 5.41) is 11.0. The van der Waals surface area contributed by atoms with Crippen LogP contribution in [0.25, 0.3) is 5.76 Å². The summed E-state index contributed by atoms with van der Waals surface area (Å²) >= 11 is 0. The number of halogens is 1. The molecule has 3 aromatic rings. The minimum absolute atomic E-state index is 0.0657. The van der Waals surface area contributed by atoms with Gasteiger partial charge in [-0.05, 0) is 48.2 Å². The Morgan fingerprint density at radius 3 is 2.48 bits per heavy atom. The molecule has 1 saturated heterocycles. The van der Waals surface area contributed by atoms with Crippen LogP contribution in [0.2, 0.25) is 0 Å². The third-order valence-electron chi connectivity index (χ3n) is 5.60. The molecule has 4 rings (SSSR count). The highest BCUT2D eigenvalue weighted by Gasteiger charge is 2.46. The van der Waals surface area contributed by atoms with Gasteiger partial charge < -0.3 is 14.4 Å². The molecule has 158 valence electrons. The van der Waals surface area contributed by atoms with Crippen LogP contribution in [0.1, 0.15) is 41.0 Å². The second-order valence-electron chi connectivity index (χ2n) is 7.57. The molecule has 1 aliphatic rings. The number of likely N-dealkylation sites (tertiary alicyclic amines) is 1. The first-order chi connectivity index (χ1) is 14.9. The molecule has 0 bridgehead atoms. The Labute approximate surface area is 179 Å². The lowest BCUT2D eigenvalue weighted by Crippen LogP contribution is -2.29. The molecule has 2 heterocycles. The van der Waals surface area contributed by atoms with Gasteiger partial charge in [0.1, 0.15) is 17.3 Å². The topological polar surface area (TPSA) is 70.8 Å². The predicted molar refractivity (Wildman–Crippen MR) is 114 cm³/mol. The number of aliphatic hydroxyl groups excluding tert-OH is 1. The van der Waals surface area contributed by atoms with Gasteiger partial charge in [-0.25, -0.2) is 4.39 Å². The Balaban J connectivity index is 1.86. The number of benzene rings is 2. The van der Waals surface area contributed by atoms with Crippen molar-refractivity contribution >= 4 is 17.4 Å². The molecule has 0 saturated carbocycles. The zero-order chi connectivity index (χ0) is 22.1. The Kier molecular flexibility index (Phi) is 5.46. The zero-order valence-electron chi connectivity index (χ0n) is 17.3. The van der Waals surface area contributed by atoms with Crippen molar-refractivity contribution in [1.82, 2.24) is 4.90 Å². The normalized spacial score (nSPS) is 18.0. The minimum atomic E-state index is -0.819.